The van der Waals surface area contributed by atoms with E-state index in [9.17, 15) is 4.79 Å². The molecule has 2 aromatic rings. The lowest BCUT2D eigenvalue weighted by Crippen LogP contribution is -2.46. The van der Waals surface area contributed by atoms with Crippen LogP contribution in [0.25, 0.3) is 10.2 Å². The number of morpholine rings is 1. The van der Waals surface area contributed by atoms with Crippen molar-refractivity contribution in [3.8, 4) is 5.88 Å². The average Bonchev–Trinajstić information content (AvgIpc) is 3.13. The molecular weight excluding hydrogens is 392 g/mol. The summed E-state index contributed by atoms with van der Waals surface area (Å²) in [6.07, 6.45) is 5.89. The van der Waals surface area contributed by atoms with E-state index in [0.29, 0.717) is 24.9 Å². The molecule has 4 heterocycles. The number of rotatable bonds is 4. The minimum atomic E-state index is -0.600. The summed E-state index contributed by atoms with van der Waals surface area (Å²) in [5.74, 6) is 0.197. The molecular formula is C20H26N4O4S. The standard InChI is InChI=1S/C20H26N4O4S/c21-18(25)15-9-14-16(10-27-15)29-20-17(14)19(22-11-23-20)28-13-3-1-12(2-4-13)24-5-7-26-8-6-24/h11-13,15H,1-10H2,(H2,21,25). The van der Waals surface area contributed by atoms with Crippen LogP contribution in [0, 0.1) is 0 Å². The number of primary amides is 1. The van der Waals surface area contributed by atoms with Gasteiger partial charge in [-0.25, -0.2) is 9.97 Å². The number of aromatic nitrogens is 2. The van der Waals surface area contributed by atoms with Crippen molar-refractivity contribution in [1.29, 1.82) is 0 Å². The van der Waals surface area contributed by atoms with Crippen LogP contribution < -0.4 is 10.5 Å². The number of thiophene rings is 1. The summed E-state index contributed by atoms with van der Waals surface area (Å²) in [5, 5.41) is 0.928. The van der Waals surface area contributed by atoms with Crippen molar-refractivity contribution in [2.45, 2.75) is 57.0 Å². The van der Waals surface area contributed by atoms with Gasteiger partial charge in [-0.05, 0) is 31.2 Å². The summed E-state index contributed by atoms with van der Waals surface area (Å²) in [6.45, 7) is 4.14. The number of carbonyl (C=O) groups excluding carboxylic acids is 1. The molecule has 1 atom stereocenters. The number of nitrogens with zero attached hydrogens (tertiary/aromatic N) is 3. The smallest absolute Gasteiger partial charge is 0.246 e. The van der Waals surface area contributed by atoms with Crippen molar-refractivity contribution in [3.05, 3.63) is 16.8 Å². The van der Waals surface area contributed by atoms with Crippen molar-refractivity contribution in [1.82, 2.24) is 14.9 Å². The Kier molecular flexibility index (Phi) is 5.38. The Morgan fingerprint density at radius 1 is 1.21 bits per heavy atom. The molecule has 2 aliphatic heterocycles. The van der Waals surface area contributed by atoms with Crippen LogP contribution in [0.3, 0.4) is 0 Å². The van der Waals surface area contributed by atoms with Gasteiger partial charge < -0.3 is 19.9 Å². The van der Waals surface area contributed by atoms with Gasteiger partial charge in [0.1, 0.15) is 23.4 Å². The van der Waals surface area contributed by atoms with Crippen LogP contribution >= 0.6 is 11.3 Å². The van der Waals surface area contributed by atoms with E-state index >= 15 is 0 Å². The zero-order valence-electron chi connectivity index (χ0n) is 16.3. The lowest BCUT2D eigenvalue weighted by Gasteiger charge is -2.38. The number of fused-ring (bicyclic) bond motifs is 3. The van der Waals surface area contributed by atoms with Crippen LogP contribution in [-0.2, 0) is 27.3 Å². The highest BCUT2D eigenvalue weighted by molar-refractivity contribution is 7.18. The molecule has 0 spiro atoms. The molecule has 2 aromatic heterocycles. The molecule has 1 saturated heterocycles. The van der Waals surface area contributed by atoms with Crippen molar-refractivity contribution < 1.29 is 19.0 Å². The van der Waals surface area contributed by atoms with Crippen LogP contribution in [0.5, 0.6) is 5.88 Å². The maximum absolute atomic E-state index is 11.6. The second kappa shape index (κ2) is 8.14. The molecule has 3 aliphatic rings. The van der Waals surface area contributed by atoms with Crippen LogP contribution in [0.1, 0.15) is 36.1 Å². The maximum atomic E-state index is 11.6. The minimum absolute atomic E-state index is 0.160. The van der Waals surface area contributed by atoms with Gasteiger partial charge in [-0.15, -0.1) is 11.3 Å². The van der Waals surface area contributed by atoms with E-state index < -0.39 is 12.0 Å². The Morgan fingerprint density at radius 2 is 2.00 bits per heavy atom. The Bertz CT molecular complexity index is 890. The fraction of sp³-hybridized carbons (Fsp3) is 0.650. The Morgan fingerprint density at radius 3 is 2.76 bits per heavy atom. The summed E-state index contributed by atoms with van der Waals surface area (Å²) in [5.41, 5.74) is 6.52. The lowest BCUT2D eigenvalue weighted by atomic mass is 9.91. The predicted octanol–water partition coefficient (Wildman–Crippen LogP) is 1.64. The van der Waals surface area contributed by atoms with Gasteiger partial charge in [0, 0.05) is 30.4 Å². The largest absolute Gasteiger partial charge is 0.474 e. The molecule has 5 rings (SSSR count). The Hall–Kier alpha value is -1.81. The number of hydrogen-bond acceptors (Lipinski definition) is 8. The van der Waals surface area contributed by atoms with Gasteiger partial charge in [-0.3, -0.25) is 9.69 Å². The number of amides is 1. The number of ether oxygens (including phenoxy) is 3. The second-order valence-electron chi connectivity index (χ2n) is 7.97. The highest BCUT2D eigenvalue weighted by Crippen LogP contribution is 2.39. The third kappa shape index (κ3) is 3.84. The molecule has 156 valence electrons. The van der Waals surface area contributed by atoms with E-state index in [2.05, 4.69) is 14.9 Å². The zero-order chi connectivity index (χ0) is 19.8. The summed E-state index contributed by atoms with van der Waals surface area (Å²) in [4.78, 5) is 25.0. The molecule has 29 heavy (non-hydrogen) atoms. The van der Waals surface area contributed by atoms with E-state index in [0.717, 1.165) is 72.6 Å². The molecule has 0 aromatic carbocycles. The Labute approximate surface area is 173 Å². The van der Waals surface area contributed by atoms with Crippen molar-refractivity contribution in [2.75, 3.05) is 26.3 Å². The molecule has 9 heteroatoms. The summed E-state index contributed by atoms with van der Waals surface area (Å²) in [7, 11) is 0. The second-order valence-corrected chi connectivity index (χ2v) is 9.05. The Balaban J connectivity index is 1.31. The highest BCUT2D eigenvalue weighted by atomic mass is 32.1. The average molecular weight is 419 g/mol. The number of hydrogen-bond donors (Lipinski definition) is 1. The molecule has 0 bridgehead atoms. The first-order valence-corrected chi connectivity index (χ1v) is 11.2. The normalized spacial score (nSPS) is 28.2. The summed E-state index contributed by atoms with van der Waals surface area (Å²) in [6, 6.07) is 0.631. The minimum Gasteiger partial charge on any atom is -0.474 e. The first-order valence-electron chi connectivity index (χ1n) is 10.3. The molecule has 1 aliphatic carbocycles. The van der Waals surface area contributed by atoms with Crippen LogP contribution in [0.2, 0.25) is 0 Å². The molecule has 1 amide bonds. The van der Waals surface area contributed by atoms with Crippen LogP contribution in [-0.4, -0.2) is 65.3 Å². The van der Waals surface area contributed by atoms with Crippen LogP contribution in [0.15, 0.2) is 6.33 Å². The van der Waals surface area contributed by atoms with Gasteiger partial charge in [0.25, 0.3) is 0 Å². The quantitative estimate of drug-likeness (QED) is 0.806. The fourth-order valence-electron chi connectivity index (χ4n) is 4.66. The van der Waals surface area contributed by atoms with Crippen molar-refractivity contribution in [3.63, 3.8) is 0 Å². The van der Waals surface area contributed by atoms with Crippen LogP contribution in [0.4, 0.5) is 0 Å². The van der Waals surface area contributed by atoms with Gasteiger partial charge in [-0.1, -0.05) is 0 Å². The molecule has 2 fully saturated rings. The van der Waals surface area contributed by atoms with Gasteiger partial charge in [-0.2, -0.15) is 0 Å². The first-order chi connectivity index (χ1) is 14.2. The fourth-order valence-corrected chi connectivity index (χ4v) is 5.74. The van der Waals surface area contributed by atoms with Crippen molar-refractivity contribution in [2.24, 2.45) is 5.73 Å². The van der Waals surface area contributed by atoms with Gasteiger partial charge in [0.2, 0.25) is 11.8 Å². The highest BCUT2D eigenvalue weighted by Gasteiger charge is 2.31. The predicted molar refractivity (Wildman–Crippen MR) is 108 cm³/mol. The molecule has 0 radical (unpaired) electrons. The third-order valence-electron chi connectivity index (χ3n) is 6.24. The monoisotopic (exact) mass is 418 g/mol. The SMILES string of the molecule is NC(=O)C1Cc2c(sc3ncnc(OC4CCC(N5CCOCC5)CC4)c23)CO1. The first kappa shape index (κ1) is 19.2. The van der Waals surface area contributed by atoms with Gasteiger partial charge in [0.15, 0.2) is 0 Å². The topological polar surface area (TPSA) is 99.8 Å². The summed E-state index contributed by atoms with van der Waals surface area (Å²) < 4.78 is 17.4. The molecule has 2 N–H and O–H groups in total. The third-order valence-corrected chi connectivity index (χ3v) is 7.36. The van der Waals surface area contributed by atoms with E-state index in [-0.39, 0.29) is 6.10 Å². The molecule has 1 saturated carbocycles. The maximum Gasteiger partial charge on any atom is 0.246 e. The van der Waals surface area contributed by atoms with Crippen molar-refractivity contribution >= 4 is 27.5 Å². The zero-order valence-corrected chi connectivity index (χ0v) is 17.2. The van der Waals surface area contributed by atoms with E-state index in [1.54, 1.807) is 17.7 Å². The van der Waals surface area contributed by atoms with E-state index in [4.69, 9.17) is 19.9 Å². The number of nitrogens with two attached hydrogens (primary N) is 1. The van der Waals surface area contributed by atoms with E-state index in [1.807, 2.05) is 0 Å². The lowest BCUT2D eigenvalue weighted by molar-refractivity contribution is -0.130. The van der Waals surface area contributed by atoms with E-state index in [1.165, 1.54) is 0 Å². The number of carbonyl (C=O) groups is 1. The summed E-state index contributed by atoms with van der Waals surface area (Å²) >= 11 is 1.58. The molecule has 1 unspecified atom stereocenters. The van der Waals surface area contributed by atoms with Gasteiger partial charge in [0.05, 0.1) is 25.2 Å². The van der Waals surface area contributed by atoms with Gasteiger partial charge >= 0.3 is 0 Å². The molecule has 8 nitrogen and oxygen atoms in total.